The summed E-state index contributed by atoms with van der Waals surface area (Å²) in [6.45, 7) is 6.67. The van der Waals surface area contributed by atoms with Crippen LogP contribution in [0.5, 0.6) is 0 Å². The fourth-order valence-corrected chi connectivity index (χ4v) is 0.934. The van der Waals surface area contributed by atoms with E-state index in [4.69, 9.17) is 4.42 Å². The second-order valence-corrected chi connectivity index (χ2v) is 3.59. The van der Waals surface area contributed by atoms with Crippen molar-refractivity contribution in [3.05, 3.63) is 23.7 Å². The molecular formula is C10H15NO2. The SMILES string of the molecule is Cc1coc(C(=O)NCC(C)C)c1. The van der Waals surface area contributed by atoms with Crippen LogP contribution in [0.4, 0.5) is 0 Å². The second kappa shape index (κ2) is 4.12. The van der Waals surface area contributed by atoms with Crippen LogP contribution in [0.25, 0.3) is 0 Å². The van der Waals surface area contributed by atoms with Crippen LogP contribution in [0.2, 0.25) is 0 Å². The van der Waals surface area contributed by atoms with Crippen LogP contribution in [0.15, 0.2) is 16.7 Å². The summed E-state index contributed by atoms with van der Waals surface area (Å²) in [5.74, 6) is 0.708. The van der Waals surface area contributed by atoms with Crippen LogP contribution in [0.1, 0.15) is 30.0 Å². The van der Waals surface area contributed by atoms with E-state index in [1.165, 1.54) is 0 Å². The van der Waals surface area contributed by atoms with Gasteiger partial charge in [-0.05, 0) is 24.5 Å². The van der Waals surface area contributed by atoms with Crippen LogP contribution in [0, 0.1) is 12.8 Å². The molecule has 72 valence electrons. The Balaban J connectivity index is 2.49. The molecule has 0 radical (unpaired) electrons. The topological polar surface area (TPSA) is 42.2 Å². The van der Waals surface area contributed by atoms with Crippen molar-refractivity contribution in [2.75, 3.05) is 6.54 Å². The van der Waals surface area contributed by atoms with E-state index in [2.05, 4.69) is 5.32 Å². The van der Waals surface area contributed by atoms with Crippen LogP contribution >= 0.6 is 0 Å². The quantitative estimate of drug-likeness (QED) is 0.774. The molecule has 3 nitrogen and oxygen atoms in total. The molecular weight excluding hydrogens is 166 g/mol. The summed E-state index contributed by atoms with van der Waals surface area (Å²) < 4.78 is 5.05. The molecule has 1 N–H and O–H groups in total. The van der Waals surface area contributed by atoms with Crippen molar-refractivity contribution in [3.63, 3.8) is 0 Å². The highest BCUT2D eigenvalue weighted by atomic mass is 16.3. The average Bonchev–Trinajstić information content (AvgIpc) is 2.47. The zero-order valence-electron chi connectivity index (χ0n) is 8.26. The van der Waals surface area contributed by atoms with Gasteiger partial charge in [0.05, 0.1) is 6.26 Å². The molecule has 0 fully saturated rings. The van der Waals surface area contributed by atoms with Crippen LogP contribution in [-0.2, 0) is 0 Å². The number of amides is 1. The highest BCUT2D eigenvalue weighted by Crippen LogP contribution is 2.05. The summed E-state index contributed by atoms with van der Waals surface area (Å²) in [7, 11) is 0. The number of hydrogen-bond acceptors (Lipinski definition) is 2. The average molecular weight is 181 g/mol. The number of aryl methyl sites for hydroxylation is 1. The van der Waals surface area contributed by atoms with Gasteiger partial charge < -0.3 is 9.73 Å². The summed E-state index contributed by atoms with van der Waals surface area (Å²) >= 11 is 0. The van der Waals surface area contributed by atoms with Crippen molar-refractivity contribution in [3.8, 4) is 0 Å². The standard InChI is InChI=1S/C10H15NO2/c1-7(2)5-11-10(12)9-4-8(3)6-13-9/h4,6-7H,5H2,1-3H3,(H,11,12). The Morgan fingerprint density at radius 1 is 1.62 bits per heavy atom. The van der Waals surface area contributed by atoms with Crippen molar-refractivity contribution in [1.82, 2.24) is 5.32 Å². The minimum atomic E-state index is -0.137. The highest BCUT2D eigenvalue weighted by molar-refractivity contribution is 5.91. The van der Waals surface area contributed by atoms with Crippen LogP contribution < -0.4 is 5.32 Å². The van der Waals surface area contributed by atoms with Gasteiger partial charge in [-0.1, -0.05) is 13.8 Å². The lowest BCUT2D eigenvalue weighted by atomic mass is 10.2. The zero-order chi connectivity index (χ0) is 9.84. The third kappa shape index (κ3) is 2.93. The molecule has 1 rings (SSSR count). The van der Waals surface area contributed by atoms with E-state index in [0.717, 1.165) is 5.56 Å². The number of rotatable bonds is 3. The van der Waals surface area contributed by atoms with Crippen LogP contribution in [0.3, 0.4) is 0 Å². The maximum Gasteiger partial charge on any atom is 0.286 e. The lowest BCUT2D eigenvalue weighted by molar-refractivity contribution is 0.0921. The molecule has 1 heterocycles. The smallest absolute Gasteiger partial charge is 0.286 e. The van der Waals surface area contributed by atoms with Gasteiger partial charge in [0.15, 0.2) is 5.76 Å². The Morgan fingerprint density at radius 2 is 2.31 bits per heavy atom. The summed E-state index contributed by atoms with van der Waals surface area (Å²) in [6, 6.07) is 1.73. The first-order chi connectivity index (χ1) is 6.09. The number of nitrogens with one attached hydrogen (secondary N) is 1. The molecule has 3 heteroatoms. The van der Waals surface area contributed by atoms with Crippen LogP contribution in [-0.4, -0.2) is 12.5 Å². The number of carbonyl (C=O) groups is 1. The first-order valence-corrected chi connectivity index (χ1v) is 4.43. The summed E-state index contributed by atoms with van der Waals surface area (Å²) in [5.41, 5.74) is 0.967. The predicted molar refractivity (Wildman–Crippen MR) is 50.6 cm³/mol. The van der Waals surface area contributed by atoms with Crippen molar-refractivity contribution in [2.45, 2.75) is 20.8 Å². The van der Waals surface area contributed by atoms with E-state index in [9.17, 15) is 4.79 Å². The Kier molecular flexibility index (Phi) is 3.12. The number of carbonyl (C=O) groups excluding carboxylic acids is 1. The highest BCUT2D eigenvalue weighted by Gasteiger charge is 2.09. The number of furan rings is 1. The van der Waals surface area contributed by atoms with Gasteiger partial charge >= 0.3 is 0 Å². The first-order valence-electron chi connectivity index (χ1n) is 4.43. The molecule has 0 saturated heterocycles. The van der Waals surface area contributed by atoms with Crippen molar-refractivity contribution >= 4 is 5.91 Å². The molecule has 0 atom stereocenters. The van der Waals surface area contributed by atoms with E-state index in [1.807, 2.05) is 20.8 Å². The Labute approximate surface area is 78.1 Å². The largest absolute Gasteiger partial charge is 0.459 e. The lowest BCUT2D eigenvalue weighted by Crippen LogP contribution is -2.26. The molecule has 13 heavy (non-hydrogen) atoms. The summed E-state index contributed by atoms with van der Waals surface area (Å²) in [6.07, 6.45) is 1.57. The van der Waals surface area contributed by atoms with E-state index in [-0.39, 0.29) is 5.91 Å². The third-order valence-corrected chi connectivity index (χ3v) is 1.63. The van der Waals surface area contributed by atoms with Gasteiger partial charge in [0.1, 0.15) is 0 Å². The second-order valence-electron chi connectivity index (χ2n) is 3.59. The predicted octanol–water partition coefficient (Wildman–Crippen LogP) is 1.97. The van der Waals surface area contributed by atoms with Crippen molar-refractivity contribution in [1.29, 1.82) is 0 Å². The van der Waals surface area contributed by atoms with Gasteiger partial charge in [0, 0.05) is 6.54 Å². The maximum absolute atomic E-state index is 11.4. The minimum Gasteiger partial charge on any atom is -0.459 e. The molecule has 0 aliphatic rings. The molecule has 1 aromatic heterocycles. The van der Waals surface area contributed by atoms with E-state index < -0.39 is 0 Å². The van der Waals surface area contributed by atoms with E-state index in [0.29, 0.717) is 18.2 Å². The molecule has 1 amide bonds. The zero-order valence-corrected chi connectivity index (χ0v) is 8.26. The monoisotopic (exact) mass is 181 g/mol. The Morgan fingerprint density at radius 3 is 2.77 bits per heavy atom. The summed E-state index contributed by atoms with van der Waals surface area (Å²) in [4.78, 5) is 11.4. The molecule has 0 saturated carbocycles. The molecule has 0 aromatic carbocycles. The van der Waals surface area contributed by atoms with Gasteiger partial charge in [0.25, 0.3) is 5.91 Å². The molecule has 0 spiro atoms. The molecule has 0 bridgehead atoms. The lowest BCUT2D eigenvalue weighted by Gasteiger charge is -2.04. The Hall–Kier alpha value is -1.25. The normalized spacial score (nSPS) is 10.5. The molecule has 0 aliphatic carbocycles. The van der Waals surface area contributed by atoms with Gasteiger partial charge in [-0.3, -0.25) is 4.79 Å². The fraction of sp³-hybridized carbons (Fsp3) is 0.500. The van der Waals surface area contributed by atoms with Gasteiger partial charge in [0.2, 0.25) is 0 Å². The van der Waals surface area contributed by atoms with Gasteiger partial charge in [-0.2, -0.15) is 0 Å². The van der Waals surface area contributed by atoms with Crippen molar-refractivity contribution < 1.29 is 9.21 Å². The molecule has 0 unspecified atom stereocenters. The van der Waals surface area contributed by atoms with E-state index >= 15 is 0 Å². The molecule has 1 aromatic rings. The maximum atomic E-state index is 11.4. The first kappa shape index (κ1) is 9.84. The van der Waals surface area contributed by atoms with Gasteiger partial charge in [-0.15, -0.1) is 0 Å². The van der Waals surface area contributed by atoms with E-state index in [1.54, 1.807) is 12.3 Å². The minimum absolute atomic E-state index is 0.137. The Bertz CT molecular complexity index is 289. The fourth-order valence-electron chi connectivity index (χ4n) is 0.934. The third-order valence-electron chi connectivity index (χ3n) is 1.63. The molecule has 0 aliphatic heterocycles. The van der Waals surface area contributed by atoms with Gasteiger partial charge in [-0.25, -0.2) is 0 Å². The van der Waals surface area contributed by atoms with Crippen molar-refractivity contribution in [2.24, 2.45) is 5.92 Å². The number of hydrogen-bond donors (Lipinski definition) is 1. The summed E-state index contributed by atoms with van der Waals surface area (Å²) in [5, 5.41) is 2.78.